The van der Waals surface area contributed by atoms with E-state index in [0.717, 1.165) is 78.8 Å². The lowest BCUT2D eigenvalue weighted by Crippen LogP contribution is -2.39. The van der Waals surface area contributed by atoms with Crippen LogP contribution in [-0.2, 0) is 58.3 Å². The van der Waals surface area contributed by atoms with E-state index in [2.05, 4.69) is 160 Å². The lowest BCUT2D eigenvalue weighted by molar-refractivity contribution is -0.159. The first kappa shape index (κ1) is 52.0. The van der Waals surface area contributed by atoms with Crippen molar-refractivity contribution in [1.29, 1.82) is 0 Å². The van der Waals surface area contributed by atoms with E-state index in [1.54, 1.807) is 0 Å². The number of carboxylic acids is 2. The molecule has 2 aliphatic rings. The molecule has 0 atom stereocenters. The van der Waals surface area contributed by atoms with Crippen LogP contribution < -0.4 is 0 Å². The van der Waals surface area contributed by atoms with Gasteiger partial charge in [-0.2, -0.15) is 0 Å². The molecule has 6 aromatic rings. The van der Waals surface area contributed by atoms with Crippen LogP contribution in [0.5, 0.6) is 0 Å². The Hall–Kier alpha value is -6.02. The topological polar surface area (TPSA) is 143 Å². The van der Waals surface area contributed by atoms with Gasteiger partial charge in [0.15, 0.2) is 0 Å². The molecule has 0 saturated carbocycles. The molecule has 2 heterocycles. The van der Waals surface area contributed by atoms with E-state index >= 15 is 0 Å². The van der Waals surface area contributed by atoms with Crippen LogP contribution in [0, 0.1) is 17.8 Å². The maximum atomic E-state index is 9.32. The summed E-state index contributed by atoms with van der Waals surface area (Å²) in [6.07, 6.45) is 0. The van der Waals surface area contributed by atoms with Crippen LogP contribution in [0.2, 0.25) is 0 Å². The monoisotopic (exact) mass is 909 g/mol. The van der Waals surface area contributed by atoms with Gasteiger partial charge in [-0.05, 0) is 33.4 Å². The lowest BCUT2D eigenvalue weighted by atomic mass is 10.1. The van der Waals surface area contributed by atoms with E-state index in [-0.39, 0.29) is 19.1 Å². The highest BCUT2D eigenvalue weighted by atomic mass is 16.5. The van der Waals surface area contributed by atoms with Crippen LogP contribution >= 0.6 is 0 Å². The fraction of sp³-hybridized carbons (Fsp3) is 0.321. The maximum Gasteiger partial charge on any atom is 0.414 e. The minimum atomic E-state index is -1.82. The van der Waals surface area contributed by atoms with Crippen LogP contribution in [0.1, 0.15) is 33.4 Å². The number of carboxylic acid groups (broad SMARTS) is 2. The van der Waals surface area contributed by atoms with Crippen molar-refractivity contribution >= 4 is 11.9 Å². The molecule has 0 radical (unpaired) electrons. The molecule has 0 aromatic heterocycles. The third-order valence-electron chi connectivity index (χ3n) is 11.2. The number of aliphatic hydroxyl groups is 2. The Labute approximate surface area is 396 Å². The van der Waals surface area contributed by atoms with Crippen molar-refractivity contribution in [2.24, 2.45) is 17.8 Å². The number of benzene rings is 6. The van der Waals surface area contributed by atoms with Crippen molar-refractivity contribution in [3.05, 3.63) is 215 Å². The summed E-state index contributed by atoms with van der Waals surface area (Å²) >= 11 is 0. The predicted octanol–water partition coefficient (Wildman–Crippen LogP) is 8.12. The molecule has 6 aromatic carbocycles. The van der Waals surface area contributed by atoms with Gasteiger partial charge in [-0.1, -0.05) is 182 Å². The summed E-state index contributed by atoms with van der Waals surface area (Å²) in [5, 5.41) is 33.4. The zero-order valence-corrected chi connectivity index (χ0v) is 38.4. The molecule has 0 spiro atoms. The Morgan fingerprint density at radius 3 is 0.806 bits per heavy atom. The average Bonchev–Trinajstić information content (AvgIpc) is 3.33. The van der Waals surface area contributed by atoms with Crippen molar-refractivity contribution in [1.82, 2.24) is 14.7 Å². The molecule has 67 heavy (non-hydrogen) atoms. The number of rotatable bonds is 20. The first-order valence-corrected chi connectivity index (χ1v) is 23.0. The van der Waals surface area contributed by atoms with E-state index in [1.165, 1.54) is 33.4 Å². The normalized spacial score (nSPS) is 13.3. The molecular formula is C56H67N3O8. The molecule has 11 heteroatoms. The summed E-state index contributed by atoms with van der Waals surface area (Å²) < 4.78 is 10.6. The summed E-state index contributed by atoms with van der Waals surface area (Å²) in [5.41, 5.74) is 7.99. The third-order valence-corrected chi connectivity index (χ3v) is 11.2. The van der Waals surface area contributed by atoms with Crippen LogP contribution in [0.4, 0.5) is 0 Å². The maximum absolute atomic E-state index is 9.32. The minimum absolute atomic E-state index is 0.0105. The van der Waals surface area contributed by atoms with E-state index < -0.39 is 11.9 Å². The molecule has 0 bridgehead atoms. The first-order chi connectivity index (χ1) is 32.8. The van der Waals surface area contributed by atoms with Gasteiger partial charge >= 0.3 is 11.9 Å². The summed E-state index contributed by atoms with van der Waals surface area (Å²) in [6, 6.07) is 63.4. The van der Waals surface area contributed by atoms with Crippen molar-refractivity contribution in [2.45, 2.75) is 39.3 Å². The van der Waals surface area contributed by atoms with Crippen LogP contribution in [0.25, 0.3) is 0 Å². The molecule has 0 unspecified atom stereocenters. The van der Waals surface area contributed by atoms with E-state index in [9.17, 15) is 10.2 Å². The summed E-state index contributed by atoms with van der Waals surface area (Å²) in [4.78, 5) is 25.5. The number of aliphatic carboxylic acids is 2. The highest BCUT2D eigenvalue weighted by molar-refractivity contribution is 6.27. The smallest absolute Gasteiger partial charge is 0.414 e. The molecule has 354 valence electrons. The lowest BCUT2D eigenvalue weighted by Gasteiger charge is -2.32. The van der Waals surface area contributed by atoms with Gasteiger partial charge in [0.2, 0.25) is 0 Å². The number of aliphatic hydroxyl groups excluding tert-OH is 2. The number of ether oxygens (including phenoxy) is 2. The largest absolute Gasteiger partial charge is 0.473 e. The Bertz CT molecular complexity index is 1960. The summed E-state index contributed by atoms with van der Waals surface area (Å²) in [5.74, 6) is -2.35. The van der Waals surface area contributed by atoms with E-state index in [4.69, 9.17) is 29.3 Å². The molecule has 2 saturated heterocycles. The molecule has 0 aliphatic carbocycles. The molecule has 2 fully saturated rings. The van der Waals surface area contributed by atoms with Crippen LogP contribution in [0.15, 0.2) is 182 Å². The third kappa shape index (κ3) is 21.0. The molecule has 0 amide bonds. The molecule has 4 N–H and O–H groups in total. The fourth-order valence-corrected chi connectivity index (χ4v) is 7.65. The van der Waals surface area contributed by atoms with Gasteiger partial charge in [0.25, 0.3) is 0 Å². The standard InChI is InChI=1S/C18H23NO2.2C18H21NO.C2H2O4/c20-14-18(15-21)13-19(11-16-7-3-1-4-8-16)12-17-9-5-2-6-10-17;2*1-3-7-16(8-4-1)11-19(13-18-14-20-15-18)12-17-9-5-2-6-10-17;3-1(4)2(5)6/h1-10,18,20-21H,11-15H2;2*1-10,18H,11-15H2;(H,3,4)(H,5,6). The van der Waals surface area contributed by atoms with Crippen molar-refractivity contribution in [3.63, 3.8) is 0 Å². The Kier molecular flexibility index (Phi) is 23.5. The second kappa shape index (κ2) is 30.3. The van der Waals surface area contributed by atoms with Gasteiger partial charge in [0.1, 0.15) is 0 Å². The number of carbonyl (C=O) groups is 2. The number of hydrogen-bond donors (Lipinski definition) is 4. The van der Waals surface area contributed by atoms with Gasteiger partial charge in [0.05, 0.1) is 26.4 Å². The minimum Gasteiger partial charge on any atom is -0.473 e. The highest BCUT2D eigenvalue weighted by Gasteiger charge is 2.23. The van der Waals surface area contributed by atoms with Crippen LogP contribution in [-0.4, -0.2) is 106 Å². The highest BCUT2D eigenvalue weighted by Crippen LogP contribution is 2.19. The van der Waals surface area contributed by atoms with Crippen LogP contribution in [0.3, 0.4) is 0 Å². The van der Waals surface area contributed by atoms with Gasteiger partial charge in [-0.25, -0.2) is 9.59 Å². The van der Waals surface area contributed by atoms with Crippen molar-refractivity contribution in [2.75, 3.05) is 59.3 Å². The van der Waals surface area contributed by atoms with E-state index in [0.29, 0.717) is 18.4 Å². The van der Waals surface area contributed by atoms with Gasteiger partial charge < -0.3 is 29.9 Å². The molecule has 11 nitrogen and oxygen atoms in total. The number of nitrogens with zero attached hydrogens (tertiary/aromatic N) is 3. The zero-order valence-electron chi connectivity index (χ0n) is 38.4. The second-order valence-corrected chi connectivity index (χ2v) is 17.1. The molecule has 2 aliphatic heterocycles. The number of hydrogen-bond acceptors (Lipinski definition) is 9. The predicted molar refractivity (Wildman–Crippen MR) is 263 cm³/mol. The average molecular weight is 910 g/mol. The van der Waals surface area contributed by atoms with Gasteiger partial charge in [-0.3, -0.25) is 14.7 Å². The molecular weight excluding hydrogens is 843 g/mol. The quantitative estimate of drug-likeness (QED) is 0.0552. The van der Waals surface area contributed by atoms with Crippen molar-refractivity contribution < 1.29 is 39.5 Å². The zero-order chi connectivity index (χ0) is 47.3. The van der Waals surface area contributed by atoms with E-state index in [1.807, 2.05) is 36.4 Å². The Balaban J connectivity index is 0.000000177. The van der Waals surface area contributed by atoms with Crippen molar-refractivity contribution in [3.8, 4) is 0 Å². The SMILES string of the molecule is O=C(O)C(=O)O.OCC(CO)CN(Cc1ccccc1)Cc1ccccc1.c1ccc(CN(Cc2ccccc2)CC2COC2)cc1.c1ccc(CN(Cc2ccccc2)CC2COC2)cc1. The van der Waals surface area contributed by atoms with Gasteiger partial charge in [-0.15, -0.1) is 0 Å². The molecule has 8 rings (SSSR count). The first-order valence-electron chi connectivity index (χ1n) is 23.0. The summed E-state index contributed by atoms with van der Waals surface area (Å²) in [7, 11) is 0. The van der Waals surface area contributed by atoms with Gasteiger partial charge in [0, 0.05) is 89.9 Å². The Morgan fingerprint density at radius 2 is 0.627 bits per heavy atom. The second-order valence-electron chi connectivity index (χ2n) is 17.1. The summed E-state index contributed by atoms with van der Waals surface area (Å²) in [6.45, 7) is 12.2. The Morgan fingerprint density at radius 1 is 0.403 bits per heavy atom. The fourth-order valence-electron chi connectivity index (χ4n) is 7.65.